The molecule has 0 aromatic rings. The van der Waals surface area contributed by atoms with E-state index in [9.17, 15) is 9.59 Å². The van der Waals surface area contributed by atoms with Crippen LogP contribution in [0.5, 0.6) is 0 Å². The molecule has 2 heterocycles. The van der Waals surface area contributed by atoms with Crippen LogP contribution in [0.4, 0.5) is 4.79 Å². The molecule has 0 spiro atoms. The summed E-state index contributed by atoms with van der Waals surface area (Å²) < 4.78 is 0. The van der Waals surface area contributed by atoms with Gasteiger partial charge < -0.3 is 5.32 Å². The number of nitrogens with zero attached hydrogens (tertiary/aromatic N) is 2. The van der Waals surface area contributed by atoms with Crippen LogP contribution in [0.1, 0.15) is 26.2 Å². The summed E-state index contributed by atoms with van der Waals surface area (Å²) in [7, 11) is 0. The lowest BCUT2D eigenvalue weighted by Crippen LogP contribution is -2.59. The maximum atomic E-state index is 12.2. The smallest absolute Gasteiger partial charge is 0.323 e. The van der Waals surface area contributed by atoms with Gasteiger partial charge in [-0.05, 0) is 24.7 Å². The summed E-state index contributed by atoms with van der Waals surface area (Å²) in [5, 5.41) is 5.59. The van der Waals surface area contributed by atoms with Gasteiger partial charge in [0.1, 0.15) is 5.50 Å². The van der Waals surface area contributed by atoms with E-state index in [-0.39, 0.29) is 16.6 Å². The van der Waals surface area contributed by atoms with Crippen LogP contribution >= 0.6 is 23.5 Å². The number of carbonyl (C=O) groups excluding carboxylic acids is 2. The summed E-state index contributed by atoms with van der Waals surface area (Å²) in [6.45, 7) is 3.35. The molecule has 3 aliphatic rings. The standard InChI is InChI=1S/C13H19N3O2S2/c1-9(17)20-11-7-15(8-11)13-16(5-6-19-13)12(18)14-10-3-2-4-10/h5-6,10-11,13H,2-4,7-8H2,1H3,(H,14,18). The molecule has 3 rings (SSSR count). The van der Waals surface area contributed by atoms with Crippen molar-refractivity contribution >= 4 is 34.7 Å². The number of amides is 2. The molecular formula is C13H19N3O2S2. The Bertz CT molecular complexity index is 433. The summed E-state index contributed by atoms with van der Waals surface area (Å²) in [4.78, 5) is 27.3. The molecule has 0 radical (unpaired) electrons. The van der Waals surface area contributed by atoms with E-state index in [2.05, 4.69) is 10.2 Å². The lowest BCUT2D eigenvalue weighted by Gasteiger charge is -2.44. The molecular weight excluding hydrogens is 294 g/mol. The molecule has 0 aromatic heterocycles. The molecule has 0 bridgehead atoms. The average Bonchev–Trinajstić information content (AvgIpc) is 2.76. The Balaban J connectivity index is 1.49. The third-order valence-electron chi connectivity index (χ3n) is 3.85. The molecule has 20 heavy (non-hydrogen) atoms. The zero-order valence-electron chi connectivity index (χ0n) is 11.4. The first-order valence-electron chi connectivity index (χ1n) is 6.96. The zero-order chi connectivity index (χ0) is 14.1. The van der Waals surface area contributed by atoms with Gasteiger partial charge in [0.05, 0.1) is 0 Å². The SMILES string of the molecule is CC(=O)SC1CN(C2SC=CN2C(=O)NC2CCC2)C1. The van der Waals surface area contributed by atoms with Crippen molar-refractivity contribution in [2.75, 3.05) is 13.1 Å². The second kappa shape index (κ2) is 5.99. The highest BCUT2D eigenvalue weighted by Crippen LogP contribution is 2.34. The van der Waals surface area contributed by atoms with E-state index in [0.29, 0.717) is 11.3 Å². The molecule has 1 saturated carbocycles. The van der Waals surface area contributed by atoms with Crippen molar-refractivity contribution in [3.8, 4) is 0 Å². The second-order valence-electron chi connectivity index (χ2n) is 5.42. The van der Waals surface area contributed by atoms with E-state index in [1.807, 2.05) is 11.6 Å². The molecule has 2 amide bonds. The molecule has 0 aromatic carbocycles. The van der Waals surface area contributed by atoms with Crippen molar-refractivity contribution in [1.82, 2.24) is 15.1 Å². The normalized spacial score (nSPS) is 27.2. The van der Waals surface area contributed by atoms with Gasteiger partial charge in [-0.3, -0.25) is 14.6 Å². The van der Waals surface area contributed by atoms with Crippen molar-refractivity contribution in [2.45, 2.75) is 43.0 Å². The largest absolute Gasteiger partial charge is 0.335 e. The molecule has 1 atom stereocenters. The van der Waals surface area contributed by atoms with Crippen molar-refractivity contribution < 1.29 is 9.59 Å². The van der Waals surface area contributed by atoms with Crippen molar-refractivity contribution in [2.24, 2.45) is 0 Å². The molecule has 7 heteroatoms. The van der Waals surface area contributed by atoms with E-state index >= 15 is 0 Å². The maximum Gasteiger partial charge on any atom is 0.323 e. The highest BCUT2D eigenvalue weighted by molar-refractivity contribution is 8.14. The molecule has 2 aliphatic heterocycles. The number of thioether (sulfide) groups is 2. The van der Waals surface area contributed by atoms with Gasteiger partial charge in [0.25, 0.3) is 0 Å². The van der Waals surface area contributed by atoms with Crippen LogP contribution in [0.15, 0.2) is 11.6 Å². The maximum absolute atomic E-state index is 12.2. The Morgan fingerprint density at radius 3 is 2.70 bits per heavy atom. The quantitative estimate of drug-likeness (QED) is 0.864. The Kier molecular flexibility index (Phi) is 4.28. The Hall–Kier alpha value is -0.660. The van der Waals surface area contributed by atoms with E-state index in [4.69, 9.17) is 0 Å². The highest BCUT2D eigenvalue weighted by Gasteiger charge is 2.39. The number of hydrogen-bond donors (Lipinski definition) is 1. The summed E-state index contributed by atoms with van der Waals surface area (Å²) >= 11 is 3.06. The third kappa shape index (κ3) is 2.99. The van der Waals surface area contributed by atoms with E-state index < -0.39 is 0 Å². The summed E-state index contributed by atoms with van der Waals surface area (Å²) in [6.07, 6.45) is 5.27. The average molecular weight is 313 g/mol. The van der Waals surface area contributed by atoms with E-state index in [1.54, 1.807) is 23.6 Å². The highest BCUT2D eigenvalue weighted by atomic mass is 32.2. The van der Waals surface area contributed by atoms with E-state index in [0.717, 1.165) is 25.9 Å². The first-order chi connectivity index (χ1) is 9.63. The number of nitrogens with one attached hydrogen (secondary N) is 1. The predicted molar refractivity (Wildman–Crippen MR) is 82.2 cm³/mol. The number of carbonyl (C=O) groups is 2. The summed E-state index contributed by atoms with van der Waals surface area (Å²) in [5.41, 5.74) is 0.0545. The zero-order valence-corrected chi connectivity index (χ0v) is 13.1. The van der Waals surface area contributed by atoms with Crippen molar-refractivity contribution in [3.63, 3.8) is 0 Å². The fourth-order valence-corrected chi connectivity index (χ4v) is 4.49. The molecule has 2 fully saturated rings. The lowest BCUT2D eigenvalue weighted by molar-refractivity contribution is -0.109. The van der Waals surface area contributed by atoms with Crippen molar-refractivity contribution in [1.29, 1.82) is 0 Å². The topological polar surface area (TPSA) is 52.7 Å². The Labute approximate surface area is 127 Å². The lowest BCUT2D eigenvalue weighted by atomic mass is 9.93. The van der Waals surface area contributed by atoms with Gasteiger partial charge >= 0.3 is 6.03 Å². The molecule has 1 aliphatic carbocycles. The second-order valence-corrected chi connectivity index (χ2v) is 7.86. The first-order valence-corrected chi connectivity index (χ1v) is 8.78. The minimum Gasteiger partial charge on any atom is -0.335 e. The monoisotopic (exact) mass is 313 g/mol. The molecule has 110 valence electrons. The predicted octanol–water partition coefficient (Wildman–Crippen LogP) is 2.02. The van der Waals surface area contributed by atoms with Gasteiger partial charge in [-0.25, -0.2) is 4.79 Å². The molecule has 1 N–H and O–H groups in total. The van der Waals surface area contributed by atoms with Gasteiger partial charge in [0.15, 0.2) is 5.12 Å². The Morgan fingerprint density at radius 1 is 1.35 bits per heavy atom. The minimum atomic E-state index is 0.00335. The summed E-state index contributed by atoms with van der Waals surface area (Å²) in [5.74, 6) is 0. The fraction of sp³-hybridized carbons (Fsp3) is 0.692. The molecule has 1 unspecified atom stereocenters. The number of rotatable bonds is 3. The van der Waals surface area contributed by atoms with Crippen molar-refractivity contribution in [3.05, 3.63) is 11.6 Å². The number of urea groups is 1. The van der Waals surface area contributed by atoms with Crippen LogP contribution in [-0.2, 0) is 4.79 Å². The van der Waals surface area contributed by atoms with Gasteiger partial charge in [-0.2, -0.15) is 0 Å². The van der Waals surface area contributed by atoms with Crippen LogP contribution in [0, 0.1) is 0 Å². The van der Waals surface area contributed by atoms with Crippen LogP contribution < -0.4 is 5.32 Å². The molecule has 5 nitrogen and oxygen atoms in total. The van der Waals surface area contributed by atoms with Crippen LogP contribution in [0.25, 0.3) is 0 Å². The van der Waals surface area contributed by atoms with Crippen LogP contribution in [0.3, 0.4) is 0 Å². The Morgan fingerprint density at radius 2 is 2.10 bits per heavy atom. The minimum absolute atomic E-state index is 0.00335. The fourth-order valence-electron chi connectivity index (χ4n) is 2.50. The van der Waals surface area contributed by atoms with Crippen LogP contribution in [0.2, 0.25) is 0 Å². The van der Waals surface area contributed by atoms with E-state index in [1.165, 1.54) is 18.2 Å². The van der Waals surface area contributed by atoms with Gasteiger partial charge in [-0.15, -0.1) is 0 Å². The number of hydrogen-bond acceptors (Lipinski definition) is 5. The molecule has 1 saturated heterocycles. The first kappa shape index (κ1) is 14.3. The van der Waals surface area contributed by atoms with Gasteiger partial charge in [-0.1, -0.05) is 23.5 Å². The van der Waals surface area contributed by atoms with Crippen LogP contribution in [-0.4, -0.2) is 50.8 Å². The number of likely N-dealkylation sites (tertiary alicyclic amines) is 1. The van der Waals surface area contributed by atoms with Gasteiger partial charge in [0.2, 0.25) is 0 Å². The summed E-state index contributed by atoms with van der Waals surface area (Å²) in [6, 6.07) is 0.364. The van der Waals surface area contributed by atoms with Gasteiger partial charge in [0, 0.05) is 37.5 Å². The third-order valence-corrected chi connectivity index (χ3v) is 5.86.